The summed E-state index contributed by atoms with van der Waals surface area (Å²) in [6, 6.07) is 2.69. The Bertz CT molecular complexity index is 875. The summed E-state index contributed by atoms with van der Waals surface area (Å²) < 4.78 is 16.3. The number of carboxylic acids is 1. The van der Waals surface area contributed by atoms with E-state index in [0.717, 1.165) is 12.5 Å². The molecule has 3 rings (SSSR count). The monoisotopic (exact) mass is 333 g/mol. The summed E-state index contributed by atoms with van der Waals surface area (Å²) in [7, 11) is 0. The van der Waals surface area contributed by atoms with E-state index in [4.69, 9.17) is 5.73 Å². The maximum atomic E-state index is 14.6. The largest absolute Gasteiger partial charge is 0.477 e. The highest BCUT2D eigenvalue weighted by Gasteiger charge is 2.24. The Labute approximate surface area is 138 Å². The second-order valence-corrected chi connectivity index (χ2v) is 6.49. The van der Waals surface area contributed by atoms with Crippen molar-refractivity contribution in [1.29, 1.82) is 0 Å². The van der Waals surface area contributed by atoms with Crippen molar-refractivity contribution in [2.75, 3.05) is 18.0 Å². The average Bonchev–Trinajstić information content (AvgIpc) is 2.93. The lowest BCUT2D eigenvalue weighted by Crippen LogP contribution is -2.27. The van der Waals surface area contributed by atoms with E-state index >= 15 is 0 Å². The minimum absolute atomic E-state index is 0.00164. The molecule has 6 nitrogen and oxygen atoms in total. The molecular formula is C17H20FN3O3. The third kappa shape index (κ3) is 2.65. The predicted molar refractivity (Wildman–Crippen MR) is 90.3 cm³/mol. The van der Waals surface area contributed by atoms with Crippen molar-refractivity contribution in [3.05, 3.63) is 39.9 Å². The fourth-order valence-electron chi connectivity index (χ4n) is 3.19. The number of nitrogens with zero attached hydrogens (tertiary/aromatic N) is 2. The highest BCUT2D eigenvalue weighted by Crippen LogP contribution is 2.28. The van der Waals surface area contributed by atoms with Gasteiger partial charge in [0, 0.05) is 36.8 Å². The first-order valence-corrected chi connectivity index (χ1v) is 7.91. The molecule has 1 saturated heterocycles. The van der Waals surface area contributed by atoms with Crippen LogP contribution in [0, 0.1) is 5.82 Å². The summed E-state index contributed by atoms with van der Waals surface area (Å²) in [5.41, 5.74) is 5.79. The predicted octanol–water partition coefficient (Wildman–Crippen LogP) is 1.96. The van der Waals surface area contributed by atoms with Crippen LogP contribution in [0.25, 0.3) is 10.9 Å². The maximum Gasteiger partial charge on any atom is 0.341 e. The molecule has 3 N–H and O–H groups in total. The van der Waals surface area contributed by atoms with E-state index in [-0.39, 0.29) is 23.0 Å². The second-order valence-electron chi connectivity index (χ2n) is 6.49. The van der Waals surface area contributed by atoms with Crippen molar-refractivity contribution < 1.29 is 14.3 Å². The number of pyridine rings is 1. The van der Waals surface area contributed by atoms with E-state index in [1.54, 1.807) is 10.6 Å². The number of hydrogen-bond acceptors (Lipinski definition) is 4. The van der Waals surface area contributed by atoms with Gasteiger partial charge in [-0.25, -0.2) is 9.18 Å². The molecule has 0 saturated carbocycles. The molecule has 0 spiro atoms. The van der Waals surface area contributed by atoms with Crippen molar-refractivity contribution in [3.8, 4) is 0 Å². The quantitative estimate of drug-likeness (QED) is 0.896. The summed E-state index contributed by atoms with van der Waals surface area (Å²) in [6.45, 7) is 4.97. The summed E-state index contributed by atoms with van der Waals surface area (Å²) >= 11 is 0. The number of hydrogen-bond donors (Lipinski definition) is 2. The molecule has 128 valence electrons. The van der Waals surface area contributed by atoms with Crippen LogP contribution in [0.5, 0.6) is 0 Å². The zero-order chi connectivity index (χ0) is 17.6. The van der Waals surface area contributed by atoms with Gasteiger partial charge in [-0.1, -0.05) is 0 Å². The lowest BCUT2D eigenvalue weighted by molar-refractivity contribution is 0.0694. The lowest BCUT2D eigenvalue weighted by Gasteiger charge is -2.22. The molecule has 1 atom stereocenters. The number of carbonyl (C=O) groups is 1. The Kier molecular flexibility index (Phi) is 4.04. The van der Waals surface area contributed by atoms with Gasteiger partial charge in [0.1, 0.15) is 11.4 Å². The van der Waals surface area contributed by atoms with E-state index in [9.17, 15) is 19.1 Å². The Balaban J connectivity index is 2.29. The first-order valence-electron chi connectivity index (χ1n) is 7.91. The number of nitrogens with two attached hydrogens (primary N) is 1. The zero-order valence-electron chi connectivity index (χ0n) is 13.6. The fraction of sp³-hybridized carbons (Fsp3) is 0.412. The van der Waals surface area contributed by atoms with Crippen molar-refractivity contribution in [2.45, 2.75) is 32.4 Å². The Morgan fingerprint density at radius 1 is 1.42 bits per heavy atom. The van der Waals surface area contributed by atoms with Crippen molar-refractivity contribution >= 4 is 22.6 Å². The number of aromatic carboxylic acids is 1. The molecule has 7 heteroatoms. The molecule has 1 aromatic heterocycles. The summed E-state index contributed by atoms with van der Waals surface area (Å²) in [5, 5.41) is 9.30. The van der Waals surface area contributed by atoms with Gasteiger partial charge in [0.2, 0.25) is 5.43 Å². The number of anilines is 1. The molecule has 1 aliphatic rings. The Morgan fingerprint density at radius 2 is 2.12 bits per heavy atom. The van der Waals surface area contributed by atoms with Crippen LogP contribution < -0.4 is 16.1 Å². The Morgan fingerprint density at radius 3 is 2.67 bits per heavy atom. The van der Waals surface area contributed by atoms with E-state index in [1.807, 2.05) is 18.7 Å². The van der Waals surface area contributed by atoms with Crippen molar-refractivity contribution in [3.63, 3.8) is 0 Å². The molecule has 0 radical (unpaired) electrons. The van der Waals surface area contributed by atoms with Gasteiger partial charge in [-0.3, -0.25) is 4.79 Å². The van der Waals surface area contributed by atoms with Gasteiger partial charge >= 0.3 is 5.97 Å². The van der Waals surface area contributed by atoms with Crippen molar-refractivity contribution in [2.24, 2.45) is 5.73 Å². The number of benzene rings is 1. The van der Waals surface area contributed by atoms with Gasteiger partial charge in [-0.15, -0.1) is 0 Å². The van der Waals surface area contributed by atoms with E-state index in [0.29, 0.717) is 24.3 Å². The molecule has 1 fully saturated rings. The third-order valence-electron chi connectivity index (χ3n) is 4.45. The molecule has 1 aliphatic heterocycles. The fourth-order valence-corrected chi connectivity index (χ4v) is 3.19. The van der Waals surface area contributed by atoms with E-state index in [1.165, 1.54) is 6.20 Å². The highest BCUT2D eigenvalue weighted by molar-refractivity contribution is 5.93. The van der Waals surface area contributed by atoms with Crippen LogP contribution in [-0.2, 0) is 0 Å². The van der Waals surface area contributed by atoms with E-state index in [2.05, 4.69) is 0 Å². The zero-order valence-corrected chi connectivity index (χ0v) is 13.6. The van der Waals surface area contributed by atoms with Gasteiger partial charge in [-0.05, 0) is 32.4 Å². The minimum atomic E-state index is -1.31. The molecule has 2 aromatic rings. The topological polar surface area (TPSA) is 88.6 Å². The first-order chi connectivity index (χ1) is 11.3. The second kappa shape index (κ2) is 5.90. The highest BCUT2D eigenvalue weighted by atomic mass is 19.1. The number of aromatic nitrogens is 1. The normalized spacial score (nSPS) is 17.9. The van der Waals surface area contributed by atoms with Crippen LogP contribution in [0.3, 0.4) is 0 Å². The van der Waals surface area contributed by atoms with Crippen LogP contribution >= 0.6 is 0 Å². The minimum Gasteiger partial charge on any atom is -0.477 e. The third-order valence-corrected chi connectivity index (χ3v) is 4.45. The van der Waals surface area contributed by atoms with Crippen molar-refractivity contribution in [1.82, 2.24) is 4.57 Å². The Hall–Kier alpha value is -2.41. The number of fused-ring (bicyclic) bond motifs is 1. The number of halogens is 1. The molecule has 1 aromatic carbocycles. The van der Waals surface area contributed by atoms with Gasteiger partial charge in [0.15, 0.2) is 0 Å². The molecule has 0 amide bonds. The molecule has 1 unspecified atom stereocenters. The molecule has 24 heavy (non-hydrogen) atoms. The smallest absolute Gasteiger partial charge is 0.341 e. The molecule has 2 heterocycles. The molecule has 0 aliphatic carbocycles. The van der Waals surface area contributed by atoms with Gasteiger partial charge in [-0.2, -0.15) is 0 Å². The van der Waals surface area contributed by atoms with Crippen LogP contribution in [-0.4, -0.2) is 34.8 Å². The summed E-state index contributed by atoms with van der Waals surface area (Å²) in [6.07, 6.45) is 2.11. The maximum absolute atomic E-state index is 14.6. The van der Waals surface area contributed by atoms with Gasteiger partial charge in [0.25, 0.3) is 0 Å². The van der Waals surface area contributed by atoms with Gasteiger partial charge in [0.05, 0.1) is 11.2 Å². The standard InChI is InChI=1S/C17H20FN3O3/c1-9(2)21-8-12(17(23)24)16(22)11-5-13(18)15(6-14(11)21)20-4-3-10(19)7-20/h5-6,8-10H,3-4,7,19H2,1-2H3,(H,23,24). The van der Waals surface area contributed by atoms with Crippen LogP contribution in [0.4, 0.5) is 10.1 Å². The number of carboxylic acid groups (broad SMARTS) is 1. The SMILES string of the molecule is CC(C)n1cc(C(=O)O)c(=O)c2cc(F)c(N3CCC(N)C3)cc21. The lowest BCUT2D eigenvalue weighted by atomic mass is 10.1. The summed E-state index contributed by atoms with van der Waals surface area (Å²) in [5.74, 6) is -1.85. The summed E-state index contributed by atoms with van der Waals surface area (Å²) in [4.78, 5) is 25.6. The average molecular weight is 333 g/mol. The molecular weight excluding hydrogens is 313 g/mol. The molecule has 0 bridgehead atoms. The van der Waals surface area contributed by atoms with Crippen LogP contribution in [0.2, 0.25) is 0 Å². The first kappa shape index (κ1) is 16.4. The number of rotatable bonds is 3. The van der Waals surface area contributed by atoms with Crippen LogP contribution in [0.1, 0.15) is 36.7 Å². The van der Waals surface area contributed by atoms with Crippen LogP contribution in [0.15, 0.2) is 23.1 Å². The van der Waals surface area contributed by atoms with E-state index < -0.39 is 17.2 Å². The van der Waals surface area contributed by atoms with Gasteiger partial charge < -0.3 is 20.3 Å².